The van der Waals surface area contributed by atoms with Gasteiger partial charge < -0.3 is 4.74 Å². The molecule has 1 heterocycles. The molecule has 3 rings (SSSR count). The first-order valence-corrected chi connectivity index (χ1v) is 9.11. The molecular weight excluding hydrogens is 470 g/mol. The Kier molecular flexibility index (Phi) is 5.58. The number of hydrazine groups is 1. The number of amides is 3. The SMILES string of the molecule is O=C(CN1C(=O)COc2cc(Br)ccc21)NNC(=O)c1ccccc1Br. The first-order chi connectivity index (χ1) is 12.5. The van der Waals surface area contributed by atoms with E-state index in [9.17, 15) is 14.4 Å². The van der Waals surface area contributed by atoms with Gasteiger partial charge in [-0.1, -0.05) is 28.1 Å². The molecule has 134 valence electrons. The molecule has 0 bridgehead atoms. The Labute approximate surface area is 165 Å². The Balaban J connectivity index is 1.64. The molecule has 9 heteroatoms. The highest BCUT2D eigenvalue weighted by molar-refractivity contribution is 9.10. The van der Waals surface area contributed by atoms with E-state index in [2.05, 4.69) is 42.7 Å². The lowest BCUT2D eigenvalue weighted by molar-refractivity contribution is -0.125. The van der Waals surface area contributed by atoms with Crippen molar-refractivity contribution in [1.29, 1.82) is 0 Å². The normalized spacial score (nSPS) is 12.8. The summed E-state index contributed by atoms with van der Waals surface area (Å²) >= 11 is 6.60. The van der Waals surface area contributed by atoms with Crippen molar-refractivity contribution in [2.75, 3.05) is 18.1 Å². The molecule has 1 aliphatic rings. The van der Waals surface area contributed by atoms with Gasteiger partial charge in [0, 0.05) is 8.95 Å². The highest BCUT2D eigenvalue weighted by Gasteiger charge is 2.27. The fourth-order valence-corrected chi connectivity index (χ4v) is 3.18. The maximum Gasteiger partial charge on any atom is 0.270 e. The molecule has 0 atom stereocenters. The summed E-state index contributed by atoms with van der Waals surface area (Å²) in [6, 6.07) is 12.0. The zero-order valence-electron chi connectivity index (χ0n) is 13.3. The second-order valence-electron chi connectivity index (χ2n) is 5.36. The summed E-state index contributed by atoms with van der Waals surface area (Å²) in [5.74, 6) is -0.839. The van der Waals surface area contributed by atoms with Gasteiger partial charge in [0.05, 0.1) is 11.3 Å². The van der Waals surface area contributed by atoms with Gasteiger partial charge in [0.1, 0.15) is 12.3 Å². The number of ether oxygens (including phenoxy) is 1. The monoisotopic (exact) mass is 481 g/mol. The van der Waals surface area contributed by atoms with E-state index in [-0.39, 0.29) is 19.1 Å². The summed E-state index contributed by atoms with van der Waals surface area (Å²) < 4.78 is 6.78. The highest BCUT2D eigenvalue weighted by atomic mass is 79.9. The summed E-state index contributed by atoms with van der Waals surface area (Å²) in [5.41, 5.74) is 5.52. The number of hydrogen-bond acceptors (Lipinski definition) is 4. The number of rotatable bonds is 3. The Morgan fingerprint density at radius 2 is 1.88 bits per heavy atom. The fraction of sp³-hybridized carbons (Fsp3) is 0.118. The molecule has 0 saturated carbocycles. The number of carbonyl (C=O) groups excluding carboxylic acids is 3. The van der Waals surface area contributed by atoms with E-state index in [0.717, 1.165) is 4.47 Å². The molecule has 7 nitrogen and oxygen atoms in total. The largest absolute Gasteiger partial charge is 0.482 e. The van der Waals surface area contributed by atoms with E-state index < -0.39 is 11.8 Å². The van der Waals surface area contributed by atoms with E-state index in [4.69, 9.17) is 4.74 Å². The lowest BCUT2D eigenvalue weighted by Crippen LogP contribution is -2.49. The highest BCUT2D eigenvalue weighted by Crippen LogP contribution is 2.34. The quantitative estimate of drug-likeness (QED) is 0.657. The minimum Gasteiger partial charge on any atom is -0.482 e. The molecule has 2 N–H and O–H groups in total. The molecule has 0 radical (unpaired) electrons. The Morgan fingerprint density at radius 3 is 2.65 bits per heavy atom. The predicted octanol–water partition coefficient (Wildman–Crippen LogP) is 2.40. The number of hydrogen-bond donors (Lipinski definition) is 2. The van der Waals surface area contributed by atoms with Crippen molar-refractivity contribution in [2.24, 2.45) is 0 Å². The minimum absolute atomic E-state index is 0.153. The van der Waals surface area contributed by atoms with E-state index in [1.165, 1.54) is 4.90 Å². The fourth-order valence-electron chi connectivity index (χ4n) is 2.37. The zero-order valence-corrected chi connectivity index (χ0v) is 16.5. The first kappa shape index (κ1) is 18.4. The number of halogens is 2. The van der Waals surface area contributed by atoms with Crippen LogP contribution in [0.25, 0.3) is 0 Å². The van der Waals surface area contributed by atoms with Crippen molar-refractivity contribution in [3.8, 4) is 5.75 Å². The molecule has 3 amide bonds. The first-order valence-electron chi connectivity index (χ1n) is 7.52. The van der Waals surface area contributed by atoms with E-state index >= 15 is 0 Å². The number of anilines is 1. The van der Waals surface area contributed by atoms with Crippen molar-refractivity contribution in [2.45, 2.75) is 0 Å². The van der Waals surface area contributed by atoms with Gasteiger partial charge >= 0.3 is 0 Å². The van der Waals surface area contributed by atoms with Gasteiger partial charge in [-0.3, -0.25) is 30.1 Å². The van der Waals surface area contributed by atoms with Crippen LogP contribution in [0.15, 0.2) is 51.4 Å². The van der Waals surface area contributed by atoms with Gasteiger partial charge in [0.25, 0.3) is 17.7 Å². The molecule has 2 aromatic rings. The molecule has 0 saturated heterocycles. The van der Waals surface area contributed by atoms with E-state index in [1.807, 2.05) is 0 Å². The lowest BCUT2D eigenvalue weighted by atomic mass is 10.2. The van der Waals surface area contributed by atoms with E-state index in [0.29, 0.717) is 21.5 Å². The van der Waals surface area contributed by atoms with Crippen LogP contribution in [0.3, 0.4) is 0 Å². The van der Waals surface area contributed by atoms with Gasteiger partial charge in [-0.05, 0) is 46.3 Å². The van der Waals surface area contributed by atoms with Crippen LogP contribution in [0.4, 0.5) is 5.69 Å². The molecule has 26 heavy (non-hydrogen) atoms. The van der Waals surface area contributed by atoms with Gasteiger partial charge in [-0.25, -0.2) is 0 Å². The van der Waals surface area contributed by atoms with Gasteiger partial charge in [-0.2, -0.15) is 0 Å². The molecule has 0 aromatic heterocycles. The van der Waals surface area contributed by atoms with Crippen LogP contribution in [0.1, 0.15) is 10.4 Å². The van der Waals surface area contributed by atoms with Crippen LogP contribution in [-0.4, -0.2) is 30.9 Å². The summed E-state index contributed by atoms with van der Waals surface area (Å²) in [5, 5.41) is 0. The second kappa shape index (κ2) is 7.88. The molecule has 2 aromatic carbocycles. The number of fused-ring (bicyclic) bond motifs is 1. The summed E-state index contributed by atoms with van der Waals surface area (Å²) in [4.78, 5) is 37.7. The molecule has 0 fully saturated rings. The molecular formula is C17H13Br2N3O4. The number of nitrogens with one attached hydrogen (secondary N) is 2. The van der Waals surface area contributed by atoms with E-state index in [1.54, 1.807) is 42.5 Å². The standard InChI is InChI=1S/C17H13Br2N3O4/c18-10-5-6-13-14(7-10)26-9-16(24)22(13)8-15(23)20-21-17(25)11-3-1-2-4-12(11)19/h1-7H,8-9H2,(H,20,23)(H,21,25). The predicted molar refractivity (Wildman–Crippen MR) is 102 cm³/mol. The summed E-state index contributed by atoms with van der Waals surface area (Å²) in [6.45, 7) is -0.396. The van der Waals surface area contributed by atoms with Crippen molar-refractivity contribution >= 4 is 55.3 Å². The van der Waals surface area contributed by atoms with Gasteiger partial charge in [0.15, 0.2) is 6.61 Å². The van der Waals surface area contributed by atoms with Crippen LogP contribution in [0, 0.1) is 0 Å². The number of benzene rings is 2. The number of carbonyl (C=O) groups is 3. The second-order valence-corrected chi connectivity index (χ2v) is 7.13. The van der Waals surface area contributed by atoms with Gasteiger partial charge in [0.2, 0.25) is 0 Å². The lowest BCUT2D eigenvalue weighted by Gasteiger charge is -2.28. The van der Waals surface area contributed by atoms with Crippen LogP contribution in [0.5, 0.6) is 5.75 Å². The average Bonchev–Trinajstić information content (AvgIpc) is 2.62. The van der Waals surface area contributed by atoms with Crippen LogP contribution < -0.4 is 20.5 Å². The van der Waals surface area contributed by atoms with Gasteiger partial charge in [-0.15, -0.1) is 0 Å². The summed E-state index contributed by atoms with van der Waals surface area (Å²) in [6.07, 6.45) is 0. The van der Waals surface area contributed by atoms with Crippen molar-refractivity contribution in [3.05, 3.63) is 57.0 Å². The maximum absolute atomic E-state index is 12.2. The molecule has 0 spiro atoms. The molecule has 1 aliphatic heterocycles. The third-order valence-corrected chi connectivity index (χ3v) is 4.79. The maximum atomic E-state index is 12.2. The summed E-state index contributed by atoms with van der Waals surface area (Å²) in [7, 11) is 0. The van der Waals surface area contributed by atoms with Crippen LogP contribution >= 0.6 is 31.9 Å². The average molecular weight is 483 g/mol. The molecule has 0 unspecified atom stereocenters. The van der Waals surface area contributed by atoms with Crippen molar-refractivity contribution in [1.82, 2.24) is 10.9 Å². The smallest absolute Gasteiger partial charge is 0.270 e. The number of nitrogens with zero attached hydrogens (tertiary/aromatic N) is 1. The topological polar surface area (TPSA) is 87.7 Å². The third-order valence-electron chi connectivity index (χ3n) is 3.60. The van der Waals surface area contributed by atoms with Crippen molar-refractivity contribution < 1.29 is 19.1 Å². The molecule has 0 aliphatic carbocycles. The minimum atomic E-state index is -0.533. The van der Waals surface area contributed by atoms with Crippen LogP contribution in [0.2, 0.25) is 0 Å². The Bertz CT molecular complexity index is 888. The van der Waals surface area contributed by atoms with Crippen LogP contribution in [-0.2, 0) is 9.59 Å². The zero-order chi connectivity index (χ0) is 18.7. The third kappa shape index (κ3) is 4.05. The Morgan fingerprint density at radius 1 is 1.12 bits per heavy atom. The Hall–Kier alpha value is -2.39. The van der Waals surface area contributed by atoms with Crippen molar-refractivity contribution in [3.63, 3.8) is 0 Å².